The molecule has 5 heteroatoms. The highest BCUT2D eigenvalue weighted by Crippen LogP contribution is 2.26. The summed E-state index contributed by atoms with van der Waals surface area (Å²) < 4.78 is 0. The zero-order valence-corrected chi connectivity index (χ0v) is 11.8. The lowest BCUT2D eigenvalue weighted by atomic mass is 9.82. The Morgan fingerprint density at radius 3 is 2.74 bits per heavy atom. The third-order valence-electron chi connectivity index (χ3n) is 3.95. The van der Waals surface area contributed by atoms with Gasteiger partial charge in [0.25, 0.3) is 0 Å². The minimum atomic E-state index is -0.198. The number of aliphatic hydroxyl groups excluding tert-OH is 1. The Morgan fingerprint density at radius 2 is 2.16 bits per heavy atom. The Bertz CT molecular complexity index is 351. The molecule has 1 atom stereocenters. The summed E-state index contributed by atoms with van der Waals surface area (Å²) in [5.41, 5.74) is 0. The highest BCUT2D eigenvalue weighted by atomic mass is 16.3. The van der Waals surface area contributed by atoms with Crippen LogP contribution in [-0.2, 0) is 9.59 Å². The van der Waals surface area contributed by atoms with Crippen LogP contribution in [0.1, 0.15) is 33.1 Å². The first kappa shape index (κ1) is 14.3. The van der Waals surface area contributed by atoms with Crippen molar-refractivity contribution in [2.45, 2.75) is 39.2 Å². The molecule has 1 saturated carbocycles. The summed E-state index contributed by atoms with van der Waals surface area (Å²) >= 11 is 0. The van der Waals surface area contributed by atoms with Crippen LogP contribution >= 0.6 is 0 Å². The van der Waals surface area contributed by atoms with Crippen LogP contribution in [0.4, 0.5) is 0 Å². The molecule has 1 aliphatic carbocycles. The second kappa shape index (κ2) is 5.90. The molecule has 0 spiro atoms. The van der Waals surface area contributed by atoms with Gasteiger partial charge in [-0.15, -0.1) is 0 Å². The van der Waals surface area contributed by atoms with Crippen molar-refractivity contribution in [1.82, 2.24) is 10.2 Å². The van der Waals surface area contributed by atoms with Crippen LogP contribution < -0.4 is 5.32 Å². The molecule has 0 aromatic heterocycles. The number of aliphatic hydroxyl groups is 1. The Hall–Kier alpha value is -1.10. The quantitative estimate of drug-likeness (QED) is 0.757. The van der Waals surface area contributed by atoms with Gasteiger partial charge in [-0.05, 0) is 24.7 Å². The van der Waals surface area contributed by atoms with E-state index >= 15 is 0 Å². The van der Waals surface area contributed by atoms with Crippen LogP contribution in [0.15, 0.2) is 0 Å². The smallest absolute Gasteiger partial charge is 0.225 e. The lowest BCUT2D eigenvalue weighted by Crippen LogP contribution is -2.41. The standard InChI is InChI=1S/C14H24N2O3/c1-9(2)7-16-8-11(5-13(16)18)14(19)15-6-10-3-12(17)4-10/h9-12,17H,3-8H2,1-2H3,(H,15,19). The average molecular weight is 268 g/mol. The minimum absolute atomic E-state index is 0.0130. The van der Waals surface area contributed by atoms with Crippen LogP contribution in [0.5, 0.6) is 0 Å². The van der Waals surface area contributed by atoms with E-state index in [9.17, 15) is 14.7 Å². The fourth-order valence-electron chi connectivity index (χ4n) is 2.82. The maximum atomic E-state index is 12.0. The number of likely N-dealkylation sites (tertiary alicyclic amines) is 1. The van der Waals surface area contributed by atoms with Gasteiger partial charge in [-0.1, -0.05) is 13.8 Å². The topological polar surface area (TPSA) is 69.6 Å². The molecule has 5 nitrogen and oxygen atoms in total. The van der Waals surface area contributed by atoms with E-state index in [1.165, 1.54) is 0 Å². The molecule has 2 aliphatic rings. The zero-order chi connectivity index (χ0) is 14.0. The van der Waals surface area contributed by atoms with Crippen molar-refractivity contribution in [3.8, 4) is 0 Å². The largest absolute Gasteiger partial charge is 0.393 e. The van der Waals surface area contributed by atoms with Gasteiger partial charge in [0, 0.05) is 26.1 Å². The normalized spacial score (nSPS) is 30.6. The van der Waals surface area contributed by atoms with E-state index in [0.29, 0.717) is 31.3 Å². The molecule has 108 valence electrons. The van der Waals surface area contributed by atoms with Gasteiger partial charge in [0.15, 0.2) is 0 Å². The molecular weight excluding hydrogens is 244 g/mol. The number of carbonyl (C=O) groups is 2. The van der Waals surface area contributed by atoms with Crippen LogP contribution in [0.3, 0.4) is 0 Å². The fraction of sp³-hybridized carbons (Fsp3) is 0.857. The molecule has 19 heavy (non-hydrogen) atoms. The Morgan fingerprint density at radius 1 is 1.47 bits per heavy atom. The highest BCUT2D eigenvalue weighted by Gasteiger charge is 2.35. The predicted octanol–water partition coefficient (Wildman–Crippen LogP) is 0.378. The van der Waals surface area contributed by atoms with Crippen molar-refractivity contribution in [2.24, 2.45) is 17.8 Å². The summed E-state index contributed by atoms with van der Waals surface area (Å²) in [6.45, 7) is 6.06. The molecule has 1 heterocycles. The number of carbonyl (C=O) groups excluding carboxylic acids is 2. The number of hydrogen-bond acceptors (Lipinski definition) is 3. The lowest BCUT2D eigenvalue weighted by molar-refractivity contribution is -0.129. The number of hydrogen-bond donors (Lipinski definition) is 2. The predicted molar refractivity (Wildman–Crippen MR) is 71.3 cm³/mol. The van der Waals surface area contributed by atoms with Crippen molar-refractivity contribution < 1.29 is 14.7 Å². The van der Waals surface area contributed by atoms with Crippen molar-refractivity contribution in [3.05, 3.63) is 0 Å². The zero-order valence-electron chi connectivity index (χ0n) is 11.8. The molecule has 1 aliphatic heterocycles. The van der Waals surface area contributed by atoms with Gasteiger partial charge >= 0.3 is 0 Å². The van der Waals surface area contributed by atoms with Gasteiger partial charge in [0.2, 0.25) is 11.8 Å². The molecule has 2 N–H and O–H groups in total. The van der Waals surface area contributed by atoms with Crippen LogP contribution in [0.2, 0.25) is 0 Å². The van der Waals surface area contributed by atoms with E-state index in [1.807, 2.05) is 0 Å². The second-order valence-electron chi connectivity index (χ2n) is 6.33. The summed E-state index contributed by atoms with van der Waals surface area (Å²) in [5, 5.41) is 12.1. The number of nitrogens with one attached hydrogen (secondary N) is 1. The van der Waals surface area contributed by atoms with Gasteiger partial charge in [-0.25, -0.2) is 0 Å². The maximum Gasteiger partial charge on any atom is 0.225 e. The summed E-state index contributed by atoms with van der Waals surface area (Å²) in [4.78, 5) is 25.6. The molecule has 2 amide bonds. The Kier molecular flexibility index (Phi) is 4.45. The van der Waals surface area contributed by atoms with E-state index in [-0.39, 0.29) is 23.8 Å². The summed E-state index contributed by atoms with van der Waals surface area (Å²) in [5.74, 6) is 0.718. The summed E-state index contributed by atoms with van der Waals surface area (Å²) in [7, 11) is 0. The molecule has 1 saturated heterocycles. The number of amides is 2. The average Bonchev–Trinajstić information content (AvgIpc) is 2.64. The van der Waals surface area contributed by atoms with Crippen LogP contribution in [0, 0.1) is 17.8 Å². The van der Waals surface area contributed by atoms with Gasteiger partial charge < -0.3 is 15.3 Å². The molecule has 1 unspecified atom stereocenters. The molecule has 2 fully saturated rings. The summed E-state index contributed by atoms with van der Waals surface area (Å²) in [6, 6.07) is 0. The fourth-order valence-corrected chi connectivity index (χ4v) is 2.82. The van der Waals surface area contributed by atoms with E-state index in [0.717, 1.165) is 19.4 Å². The van der Waals surface area contributed by atoms with Crippen molar-refractivity contribution >= 4 is 11.8 Å². The molecule has 0 aromatic rings. The Balaban J connectivity index is 1.73. The first-order valence-electron chi connectivity index (χ1n) is 7.19. The highest BCUT2D eigenvalue weighted by molar-refractivity contribution is 5.89. The van der Waals surface area contributed by atoms with Crippen molar-refractivity contribution in [3.63, 3.8) is 0 Å². The van der Waals surface area contributed by atoms with Crippen molar-refractivity contribution in [1.29, 1.82) is 0 Å². The molecule has 0 radical (unpaired) electrons. The maximum absolute atomic E-state index is 12.0. The van der Waals surface area contributed by atoms with Gasteiger partial charge in [0.05, 0.1) is 12.0 Å². The first-order chi connectivity index (χ1) is 8.95. The van der Waals surface area contributed by atoms with Crippen molar-refractivity contribution in [2.75, 3.05) is 19.6 Å². The molecule has 2 rings (SSSR count). The third kappa shape index (κ3) is 3.69. The van der Waals surface area contributed by atoms with Gasteiger partial charge in [0.1, 0.15) is 0 Å². The Labute approximate surface area is 114 Å². The molecular formula is C14H24N2O3. The van der Waals surface area contributed by atoms with E-state index in [4.69, 9.17) is 0 Å². The number of rotatable bonds is 5. The lowest BCUT2D eigenvalue weighted by Gasteiger charge is -2.31. The van der Waals surface area contributed by atoms with Gasteiger partial charge in [-0.2, -0.15) is 0 Å². The van der Waals surface area contributed by atoms with Crippen LogP contribution in [0.25, 0.3) is 0 Å². The summed E-state index contributed by atoms with van der Waals surface area (Å²) in [6.07, 6.45) is 1.72. The third-order valence-corrected chi connectivity index (χ3v) is 3.95. The monoisotopic (exact) mass is 268 g/mol. The molecule has 0 aromatic carbocycles. The first-order valence-corrected chi connectivity index (χ1v) is 7.19. The van der Waals surface area contributed by atoms with E-state index in [2.05, 4.69) is 19.2 Å². The minimum Gasteiger partial charge on any atom is -0.393 e. The van der Waals surface area contributed by atoms with E-state index in [1.54, 1.807) is 4.90 Å². The SMILES string of the molecule is CC(C)CN1CC(C(=O)NCC2CC(O)C2)CC1=O. The molecule has 0 bridgehead atoms. The van der Waals surface area contributed by atoms with E-state index < -0.39 is 0 Å². The van der Waals surface area contributed by atoms with Crippen LogP contribution in [-0.4, -0.2) is 47.6 Å². The second-order valence-corrected chi connectivity index (χ2v) is 6.33. The van der Waals surface area contributed by atoms with Gasteiger partial charge in [-0.3, -0.25) is 9.59 Å². The number of nitrogens with zero attached hydrogens (tertiary/aromatic N) is 1.